The summed E-state index contributed by atoms with van der Waals surface area (Å²) in [4.78, 5) is 24.9. The van der Waals surface area contributed by atoms with Crippen LogP contribution in [0.1, 0.15) is 35.5 Å². The van der Waals surface area contributed by atoms with E-state index >= 15 is 0 Å². The monoisotopic (exact) mass is 389 g/mol. The Morgan fingerprint density at radius 1 is 1.38 bits per heavy atom. The molecule has 0 spiro atoms. The molecule has 2 aromatic rings. The van der Waals surface area contributed by atoms with Gasteiger partial charge in [0.05, 0.1) is 16.4 Å². The van der Waals surface area contributed by atoms with E-state index in [-0.39, 0.29) is 17.8 Å². The Hall–Kier alpha value is -2.11. The highest BCUT2D eigenvalue weighted by Gasteiger charge is 2.26. The number of carbonyl (C=O) groups is 2. The zero-order valence-electron chi connectivity index (χ0n) is 14.7. The van der Waals surface area contributed by atoms with Crippen molar-refractivity contribution in [2.75, 3.05) is 6.54 Å². The van der Waals surface area contributed by atoms with E-state index in [2.05, 4.69) is 11.4 Å². The number of fused-ring (bicyclic) bond motifs is 1. The summed E-state index contributed by atoms with van der Waals surface area (Å²) in [6, 6.07) is 7.69. The number of ether oxygens (including phenoxy) is 1. The lowest BCUT2D eigenvalue weighted by Crippen LogP contribution is -2.33. The number of hydrogen-bond donors (Lipinski definition) is 1. The first-order valence-corrected chi connectivity index (χ1v) is 9.72. The fourth-order valence-electron chi connectivity index (χ4n) is 2.82. The summed E-state index contributed by atoms with van der Waals surface area (Å²) in [5.41, 5.74) is 2.00. The van der Waals surface area contributed by atoms with Gasteiger partial charge < -0.3 is 10.1 Å². The SMILES string of the molecule is CCC=CC(=O)NCC1Cc2cc(-c3ccc(C(C)=O)s3)cc(Cl)c2O1. The Kier molecular flexibility index (Phi) is 5.79. The van der Waals surface area contributed by atoms with Gasteiger partial charge in [-0.25, -0.2) is 0 Å². The van der Waals surface area contributed by atoms with E-state index in [1.807, 2.05) is 31.2 Å². The molecule has 0 saturated carbocycles. The average molecular weight is 390 g/mol. The second-order valence-corrected chi connectivity index (χ2v) is 7.66. The number of benzene rings is 1. The molecule has 6 heteroatoms. The van der Waals surface area contributed by atoms with Gasteiger partial charge >= 0.3 is 0 Å². The molecule has 1 amide bonds. The third-order valence-electron chi connectivity index (χ3n) is 4.10. The Morgan fingerprint density at radius 2 is 2.19 bits per heavy atom. The molecule has 0 fully saturated rings. The van der Waals surface area contributed by atoms with Crippen LogP contribution in [-0.2, 0) is 11.2 Å². The second-order valence-electron chi connectivity index (χ2n) is 6.17. The molecular weight excluding hydrogens is 370 g/mol. The van der Waals surface area contributed by atoms with Gasteiger partial charge in [0.1, 0.15) is 11.9 Å². The highest BCUT2D eigenvalue weighted by molar-refractivity contribution is 7.17. The van der Waals surface area contributed by atoms with Crippen molar-refractivity contribution in [1.82, 2.24) is 5.32 Å². The number of rotatable bonds is 6. The van der Waals surface area contributed by atoms with E-state index in [1.54, 1.807) is 6.92 Å². The molecule has 0 aliphatic carbocycles. The zero-order valence-corrected chi connectivity index (χ0v) is 16.2. The summed E-state index contributed by atoms with van der Waals surface area (Å²) in [6.45, 7) is 3.97. The van der Waals surface area contributed by atoms with Crippen LogP contribution in [0, 0.1) is 0 Å². The highest BCUT2D eigenvalue weighted by Crippen LogP contribution is 2.41. The lowest BCUT2D eigenvalue weighted by atomic mass is 10.1. The molecule has 1 N–H and O–H groups in total. The number of hydrogen-bond acceptors (Lipinski definition) is 4. The lowest BCUT2D eigenvalue weighted by Gasteiger charge is -2.11. The van der Waals surface area contributed by atoms with Crippen molar-refractivity contribution in [3.05, 3.63) is 51.9 Å². The zero-order chi connectivity index (χ0) is 18.7. The van der Waals surface area contributed by atoms with Crippen LogP contribution in [0.25, 0.3) is 10.4 Å². The molecule has 3 rings (SSSR count). The summed E-state index contributed by atoms with van der Waals surface area (Å²) in [7, 11) is 0. The van der Waals surface area contributed by atoms with Crippen molar-refractivity contribution in [1.29, 1.82) is 0 Å². The van der Waals surface area contributed by atoms with E-state index in [0.29, 0.717) is 23.7 Å². The van der Waals surface area contributed by atoms with Gasteiger partial charge in [-0.15, -0.1) is 11.3 Å². The van der Waals surface area contributed by atoms with Gasteiger partial charge in [-0.05, 0) is 49.2 Å². The second kappa shape index (κ2) is 8.06. The molecule has 1 aromatic carbocycles. The fraction of sp³-hybridized carbons (Fsp3) is 0.300. The van der Waals surface area contributed by atoms with E-state index in [4.69, 9.17) is 16.3 Å². The Balaban J connectivity index is 1.72. The first kappa shape index (κ1) is 18.7. The van der Waals surface area contributed by atoms with Gasteiger partial charge in [0, 0.05) is 16.9 Å². The molecule has 0 saturated heterocycles. The minimum atomic E-state index is -0.132. The third-order valence-corrected chi connectivity index (χ3v) is 5.61. The van der Waals surface area contributed by atoms with Crippen molar-refractivity contribution in [2.24, 2.45) is 0 Å². The average Bonchev–Trinajstić information content (AvgIpc) is 3.25. The molecule has 4 nitrogen and oxygen atoms in total. The third kappa shape index (κ3) is 4.17. The smallest absolute Gasteiger partial charge is 0.243 e. The number of allylic oxidation sites excluding steroid dienone is 1. The van der Waals surface area contributed by atoms with Crippen LogP contribution in [0.5, 0.6) is 5.75 Å². The van der Waals surface area contributed by atoms with Gasteiger partial charge in [-0.3, -0.25) is 9.59 Å². The largest absolute Gasteiger partial charge is 0.486 e. The van der Waals surface area contributed by atoms with Crippen LogP contribution < -0.4 is 10.1 Å². The van der Waals surface area contributed by atoms with E-state index in [0.717, 1.165) is 27.3 Å². The number of Topliss-reactive ketones (excluding diaryl/α,β-unsaturated/α-hetero) is 1. The molecule has 1 aliphatic rings. The van der Waals surface area contributed by atoms with Crippen LogP contribution in [0.15, 0.2) is 36.4 Å². The molecule has 0 bridgehead atoms. The maximum Gasteiger partial charge on any atom is 0.243 e. The van der Waals surface area contributed by atoms with Crippen LogP contribution >= 0.6 is 22.9 Å². The minimum absolute atomic E-state index is 0.0600. The Bertz CT molecular complexity index is 872. The van der Waals surface area contributed by atoms with Crippen LogP contribution in [0.4, 0.5) is 0 Å². The Morgan fingerprint density at radius 3 is 2.88 bits per heavy atom. The molecule has 1 unspecified atom stereocenters. The van der Waals surface area contributed by atoms with E-state index in [1.165, 1.54) is 17.4 Å². The number of halogens is 1. The van der Waals surface area contributed by atoms with Crippen molar-refractivity contribution < 1.29 is 14.3 Å². The van der Waals surface area contributed by atoms with Gasteiger partial charge in [0.2, 0.25) is 5.91 Å². The van der Waals surface area contributed by atoms with Gasteiger partial charge in [0.25, 0.3) is 0 Å². The predicted molar refractivity (Wildman–Crippen MR) is 105 cm³/mol. The minimum Gasteiger partial charge on any atom is -0.486 e. The maximum atomic E-state index is 11.7. The molecule has 0 radical (unpaired) electrons. The Labute approximate surface area is 161 Å². The normalized spacial score (nSPS) is 15.7. The summed E-state index contributed by atoms with van der Waals surface area (Å²) < 4.78 is 5.91. The van der Waals surface area contributed by atoms with Crippen molar-refractivity contribution in [2.45, 2.75) is 32.8 Å². The summed E-state index contributed by atoms with van der Waals surface area (Å²) in [6.07, 6.45) is 4.74. The van der Waals surface area contributed by atoms with Crippen LogP contribution in [-0.4, -0.2) is 24.3 Å². The van der Waals surface area contributed by atoms with Crippen molar-refractivity contribution in [3.8, 4) is 16.2 Å². The number of ketones is 1. The molecular formula is C20H20ClNO3S. The molecule has 136 valence electrons. The molecule has 2 heterocycles. The quantitative estimate of drug-likeness (QED) is 0.577. The number of nitrogens with one attached hydrogen (secondary N) is 1. The summed E-state index contributed by atoms with van der Waals surface area (Å²) >= 11 is 7.86. The fourth-order valence-corrected chi connectivity index (χ4v) is 4.00. The lowest BCUT2D eigenvalue weighted by molar-refractivity contribution is -0.116. The molecule has 1 atom stereocenters. The van der Waals surface area contributed by atoms with Crippen molar-refractivity contribution >= 4 is 34.6 Å². The highest BCUT2D eigenvalue weighted by atomic mass is 35.5. The first-order valence-electron chi connectivity index (χ1n) is 8.52. The standard InChI is InChI=1S/C20H20ClNO3S/c1-3-4-5-19(24)22-11-15-9-14-8-13(10-16(21)20(14)25-15)18-7-6-17(26-18)12(2)23/h4-8,10,15H,3,9,11H2,1-2H3,(H,22,24). The van der Waals surface area contributed by atoms with Gasteiger partial charge in [-0.1, -0.05) is 24.6 Å². The number of thiophene rings is 1. The summed E-state index contributed by atoms with van der Waals surface area (Å²) in [5, 5.41) is 3.40. The van der Waals surface area contributed by atoms with Crippen LogP contribution in [0.3, 0.4) is 0 Å². The molecule has 26 heavy (non-hydrogen) atoms. The van der Waals surface area contributed by atoms with Crippen molar-refractivity contribution in [3.63, 3.8) is 0 Å². The predicted octanol–water partition coefficient (Wildman–Crippen LogP) is 4.66. The first-order chi connectivity index (χ1) is 12.5. The van der Waals surface area contributed by atoms with Gasteiger partial charge in [0.15, 0.2) is 5.78 Å². The van der Waals surface area contributed by atoms with Crippen LogP contribution in [0.2, 0.25) is 5.02 Å². The number of amides is 1. The van der Waals surface area contributed by atoms with E-state index < -0.39 is 0 Å². The van der Waals surface area contributed by atoms with E-state index in [9.17, 15) is 9.59 Å². The van der Waals surface area contributed by atoms with Gasteiger partial charge in [-0.2, -0.15) is 0 Å². The topological polar surface area (TPSA) is 55.4 Å². The molecule has 1 aromatic heterocycles. The number of carbonyl (C=O) groups excluding carboxylic acids is 2. The maximum absolute atomic E-state index is 11.7. The summed E-state index contributed by atoms with van der Waals surface area (Å²) in [5.74, 6) is 0.625. The molecule has 1 aliphatic heterocycles.